The number of thiazole rings is 1. The third-order valence-corrected chi connectivity index (χ3v) is 9.46. The lowest BCUT2D eigenvalue weighted by atomic mass is 9.70. The monoisotopic (exact) mass is 606 g/mol. The molecule has 1 fully saturated rings. The number of aromatic amines is 1. The van der Waals surface area contributed by atoms with Crippen LogP contribution >= 0.6 is 35.3 Å². The van der Waals surface area contributed by atoms with E-state index < -0.39 is 11.6 Å². The number of hydrogen-bond donors (Lipinski definition) is 3. The number of hydrogen-bond acceptors (Lipinski definition) is 7. The summed E-state index contributed by atoms with van der Waals surface area (Å²) < 4.78 is 0. The molecule has 1 aromatic carbocycles. The van der Waals surface area contributed by atoms with Gasteiger partial charge in [0.2, 0.25) is 11.7 Å². The highest BCUT2D eigenvalue weighted by molar-refractivity contribution is 7.13. The molecule has 1 saturated carbocycles. The van der Waals surface area contributed by atoms with Crippen LogP contribution in [0.1, 0.15) is 64.0 Å². The predicted octanol–water partition coefficient (Wildman–Crippen LogP) is 4.03. The van der Waals surface area contributed by atoms with E-state index in [1.54, 1.807) is 23.1 Å². The maximum absolute atomic E-state index is 14.0. The highest BCUT2D eigenvalue weighted by atomic mass is 35.5. The number of rotatable bonds is 7. The fourth-order valence-electron chi connectivity index (χ4n) is 5.79. The first-order valence-electron chi connectivity index (χ1n) is 13.5. The quantitative estimate of drug-likeness (QED) is 0.349. The smallest absolute Gasteiger partial charge is 0.280 e. The second-order valence-electron chi connectivity index (χ2n) is 10.7. The standard InChI is InChI=1S/C28H35ClN6O3S.ClH/c1-4-35(5-2)27(38)16-8-10-28(30,24(36)21-13-17-12-18(29)6-7-19(17)31-21)23(14-16)33-25(37)26-32-20-9-11-34(3)15-22(20)39-26;/h6-7,12-13,16,23,31H,4-5,8-11,14-15,30H2,1-3H3,(H,33,37);1H. The van der Waals surface area contributed by atoms with E-state index in [2.05, 4.69) is 20.2 Å². The Hall–Kier alpha value is -2.50. The average Bonchev–Trinajstić information content (AvgIpc) is 3.53. The maximum atomic E-state index is 14.0. The highest BCUT2D eigenvalue weighted by Gasteiger charge is 2.49. The lowest BCUT2D eigenvalue weighted by Crippen LogP contribution is -2.66. The van der Waals surface area contributed by atoms with Gasteiger partial charge in [0, 0.05) is 59.3 Å². The van der Waals surface area contributed by atoms with E-state index in [1.807, 2.05) is 27.0 Å². The molecule has 2 aromatic heterocycles. The SMILES string of the molecule is CCN(CC)C(=O)C1CCC(N)(C(=O)c2cc3cc(Cl)ccc3[nH]2)C(NC(=O)c2nc3c(s2)CN(C)CC3)C1.Cl. The number of benzene rings is 1. The van der Waals surface area contributed by atoms with E-state index in [1.165, 1.54) is 11.3 Å². The molecule has 0 saturated heterocycles. The Kier molecular flexibility index (Phi) is 9.26. The van der Waals surface area contributed by atoms with Crippen LogP contribution in [0, 0.1) is 5.92 Å². The number of ketones is 1. The van der Waals surface area contributed by atoms with Gasteiger partial charge in [-0.15, -0.1) is 23.7 Å². The topological polar surface area (TPSA) is 124 Å². The number of carbonyl (C=O) groups excluding carboxylic acids is 3. The predicted molar refractivity (Wildman–Crippen MR) is 160 cm³/mol. The molecule has 216 valence electrons. The van der Waals surface area contributed by atoms with Crippen LogP contribution in [0.5, 0.6) is 0 Å². The first-order chi connectivity index (χ1) is 18.6. The van der Waals surface area contributed by atoms with Crippen molar-refractivity contribution in [1.82, 2.24) is 25.1 Å². The zero-order valence-corrected chi connectivity index (χ0v) is 25.3. The summed E-state index contributed by atoms with van der Waals surface area (Å²) in [6.07, 6.45) is 1.81. The molecular weight excluding hydrogens is 571 g/mol. The summed E-state index contributed by atoms with van der Waals surface area (Å²) in [5.74, 6) is -0.959. The molecule has 3 unspecified atom stereocenters. The molecule has 3 heterocycles. The summed E-state index contributed by atoms with van der Waals surface area (Å²) >= 11 is 7.53. The van der Waals surface area contributed by atoms with Crippen molar-refractivity contribution < 1.29 is 14.4 Å². The van der Waals surface area contributed by atoms with E-state index in [4.69, 9.17) is 17.3 Å². The molecule has 5 rings (SSSR count). The lowest BCUT2D eigenvalue weighted by Gasteiger charge is -2.43. The zero-order valence-electron chi connectivity index (χ0n) is 23.0. The van der Waals surface area contributed by atoms with E-state index in [9.17, 15) is 14.4 Å². The van der Waals surface area contributed by atoms with Gasteiger partial charge in [-0.25, -0.2) is 4.98 Å². The summed E-state index contributed by atoms with van der Waals surface area (Å²) in [7, 11) is 2.05. The Balaban J connectivity index is 0.00000370. The molecule has 0 radical (unpaired) electrons. The summed E-state index contributed by atoms with van der Waals surface area (Å²) in [6.45, 7) is 6.76. The molecule has 1 aliphatic heterocycles. The van der Waals surface area contributed by atoms with Gasteiger partial charge in [0.05, 0.1) is 17.4 Å². The molecular formula is C28H36Cl2N6O3S. The van der Waals surface area contributed by atoms with Gasteiger partial charge in [-0.2, -0.15) is 0 Å². The van der Waals surface area contributed by atoms with Gasteiger partial charge in [-0.3, -0.25) is 14.4 Å². The van der Waals surface area contributed by atoms with Gasteiger partial charge in [-0.1, -0.05) is 11.6 Å². The normalized spacial score (nSPS) is 22.8. The fourth-order valence-corrected chi connectivity index (χ4v) is 7.07. The number of likely N-dealkylation sites (N-methyl/N-ethyl adjacent to an activating group) is 1. The third-order valence-electron chi connectivity index (χ3n) is 8.14. The van der Waals surface area contributed by atoms with Crippen molar-refractivity contribution in [3.05, 3.63) is 50.6 Å². The molecule has 4 N–H and O–H groups in total. The Morgan fingerprint density at radius 2 is 2.02 bits per heavy atom. The number of amides is 2. The molecule has 1 aliphatic carbocycles. The molecule has 3 aromatic rings. The first-order valence-corrected chi connectivity index (χ1v) is 14.7. The average molecular weight is 608 g/mol. The van der Waals surface area contributed by atoms with E-state index in [-0.39, 0.29) is 48.8 Å². The maximum Gasteiger partial charge on any atom is 0.280 e. The number of halogens is 2. The van der Waals surface area contributed by atoms with Crippen LogP contribution in [0.15, 0.2) is 24.3 Å². The van der Waals surface area contributed by atoms with Crippen LogP contribution in [0.2, 0.25) is 5.02 Å². The minimum atomic E-state index is -1.39. The van der Waals surface area contributed by atoms with Crippen LogP contribution in [0.25, 0.3) is 10.9 Å². The number of aromatic nitrogens is 2. The van der Waals surface area contributed by atoms with Crippen LogP contribution in [0.4, 0.5) is 0 Å². The highest BCUT2D eigenvalue weighted by Crippen LogP contribution is 2.36. The second kappa shape index (κ2) is 12.2. The lowest BCUT2D eigenvalue weighted by molar-refractivity contribution is -0.136. The van der Waals surface area contributed by atoms with Gasteiger partial charge in [-0.05, 0) is 64.4 Å². The van der Waals surface area contributed by atoms with Crippen LogP contribution in [0.3, 0.4) is 0 Å². The van der Waals surface area contributed by atoms with E-state index >= 15 is 0 Å². The van der Waals surface area contributed by atoms with Gasteiger partial charge in [0.25, 0.3) is 5.91 Å². The third kappa shape index (κ3) is 5.78. The van der Waals surface area contributed by atoms with E-state index in [0.29, 0.717) is 35.2 Å². The second-order valence-corrected chi connectivity index (χ2v) is 12.2. The number of nitrogens with one attached hydrogen (secondary N) is 2. The number of nitrogens with zero attached hydrogens (tertiary/aromatic N) is 3. The first kappa shape index (κ1) is 30.5. The molecule has 40 heavy (non-hydrogen) atoms. The van der Waals surface area contributed by atoms with Crippen molar-refractivity contribution in [3.8, 4) is 0 Å². The van der Waals surface area contributed by atoms with Crippen molar-refractivity contribution in [3.63, 3.8) is 0 Å². The Labute approximate surface area is 249 Å². The van der Waals surface area contributed by atoms with Crippen molar-refractivity contribution in [2.75, 3.05) is 26.7 Å². The van der Waals surface area contributed by atoms with Gasteiger partial charge >= 0.3 is 0 Å². The molecule has 9 nitrogen and oxygen atoms in total. The Morgan fingerprint density at radius 1 is 1.27 bits per heavy atom. The number of nitrogens with two attached hydrogens (primary N) is 1. The number of H-pyrrole nitrogens is 1. The minimum Gasteiger partial charge on any atom is -0.352 e. The molecule has 3 atom stereocenters. The zero-order chi connectivity index (χ0) is 27.9. The van der Waals surface area contributed by atoms with Crippen molar-refractivity contribution in [1.29, 1.82) is 0 Å². The van der Waals surface area contributed by atoms with Gasteiger partial charge in [0.1, 0.15) is 5.54 Å². The van der Waals surface area contributed by atoms with Crippen LogP contribution in [-0.4, -0.2) is 75.6 Å². The Bertz CT molecular complexity index is 1420. The summed E-state index contributed by atoms with van der Waals surface area (Å²) in [4.78, 5) is 53.6. The summed E-state index contributed by atoms with van der Waals surface area (Å²) in [6, 6.07) is 6.36. The van der Waals surface area contributed by atoms with Crippen molar-refractivity contribution >= 4 is 63.8 Å². The summed E-state index contributed by atoms with van der Waals surface area (Å²) in [5.41, 5.74) is 7.61. The Morgan fingerprint density at radius 3 is 2.75 bits per heavy atom. The molecule has 2 aliphatic rings. The van der Waals surface area contributed by atoms with Crippen molar-refractivity contribution in [2.24, 2.45) is 11.7 Å². The van der Waals surface area contributed by atoms with E-state index in [0.717, 1.165) is 41.0 Å². The molecule has 0 spiro atoms. The van der Waals surface area contributed by atoms with Crippen molar-refractivity contribution in [2.45, 2.75) is 57.7 Å². The minimum absolute atomic E-state index is 0. The summed E-state index contributed by atoms with van der Waals surface area (Å²) in [5, 5.41) is 4.78. The van der Waals surface area contributed by atoms with Crippen LogP contribution < -0.4 is 11.1 Å². The fraction of sp³-hybridized carbons (Fsp3) is 0.500. The molecule has 0 bridgehead atoms. The molecule has 2 amide bonds. The number of carbonyl (C=O) groups is 3. The van der Waals surface area contributed by atoms with Gasteiger partial charge in [0.15, 0.2) is 5.01 Å². The van der Waals surface area contributed by atoms with Gasteiger partial charge < -0.3 is 25.8 Å². The number of Topliss-reactive ketones (excluding diaryl/α,β-unsaturated/α-hetero) is 1. The van der Waals surface area contributed by atoms with Crippen LogP contribution in [-0.2, 0) is 17.8 Å². The largest absolute Gasteiger partial charge is 0.352 e. The number of fused-ring (bicyclic) bond motifs is 2. The molecule has 12 heteroatoms.